The number of nitrogens with one attached hydrogen (secondary N) is 1. The molecule has 0 radical (unpaired) electrons. The van der Waals surface area contributed by atoms with E-state index in [4.69, 9.17) is 4.74 Å². The SMILES string of the molecule is C=C(/C=C/OC)CN[C@@H](C)c1ccccc1. The Hall–Kier alpha value is -1.54. The van der Waals surface area contributed by atoms with Crippen LogP contribution in [0, 0.1) is 0 Å². The van der Waals surface area contributed by atoms with Crippen LogP contribution in [-0.2, 0) is 4.74 Å². The first kappa shape index (κ1) is 12.5. The minimum absolute atomic E-state index is 0.328. The second kappa shape index (κ2) is 6.85. The van der Waals surface area contributed by atoms with Crippen LogP contribution in [0.25, 0.3) is 0 Å². The molecule has 2 heteroatoms. The van der Waals surface area contributed by atoms with Crippen LogP contribution in [-0.4, -0.2) is 13.7 Å². The molecule has 1 aromatic carbocycles. The van der Waals surface area contributed by atoms with Crippen LogP contribution in [0.3, 0.4) is 0 Å². The molecule has 0 aliphatic carbocycles. The minimum Gasteiger partial charge on any atom is -0.504 e. The van der Waals surface area contributed by atoms with E-state index in [-0.39, 0.29) is 0 Å². The third kappa shape index (κ3) is 4.32. The van der Waals surface area contributed by atoms with E-state index >= 15 is 0 Å². The van der Waals surface area contributed by atoms with Crippen molar-refractivity contribution in [1.82, 2.24) is 5.32 Å². The maximum Gasteiger partial charge on any atom is 0.0827 e. The van der Waals surface area contributed by atoms with Gasteiger partial charge in [-0.05, 0) is 24.1 Å². The highest BCUT2D eigenvalue weighted by atomic mass is 16.5. The van der Waals surface area contributed by atoms with E-state index < -0.39 is 0 Å². The number of ether oxygens (including phenoxy) is 1. The molecule has 0 saturated carbocycles. The highest BCUT2D eigenvalue weighted by Gasteiger charge is 2.02. The Morgan fingerprint density at radius 2 is 2.12 bits per heavy atom. The van der Waals surface area contributed by atoms with Gasteiger partial charge in [-0.15, -0.1) is 0 Å². The van der Waals surface area contributed by atoms with Gasteiger partial charge in [0.05, 0.1) is 13.4 Å². The molecule has 16 heavy (non-hydrogen) atoms. The molecule has 1 rings (SSSR count). The van der Waals surface area contributed by atoms with Crippen molar-refractivity contribution in [3.05, 3.63) is 60.4 Å². The van der Waals surface area contributed by atoms with Gasteiger partial charge < -0.3 is 10.1 Å². The fourth-order valence-corrected chi connectivity index (χ4v) is 1.37. The van der Waals surface area contributed by atoms with Gasteiger partial charge in [-0.3, -0.25) is 0 Å². The number of hydrogen-bond donors (Lipinski definition) is 1. The molecule has 1 atom stereocenters. The molecule has 1 N–H and O–H groups in total. The minimum atomic E-state index is 0.328. The van der Waals surface area contributed by atoms with Gasteiger partial charge in [0.25, 0.3) is 0 Å². The van der Waals surface area contributed by atoms with Gasteiger partial charge in [0.2, 0.25) is 0 Å². The number of hydrogen-bond acceptors (Lipinski definition) is 2. The highest BCUT2D eigenvalue weighted by molar-refractivity contribution is 5.20. The summed E-state index contributed by atoms with van der Waals surface area (Å²) < 4.78 is 4.83. The molecule has 1 aromatic rings. The fourth-order valence-electron chi connectivity index (χ4n) is 1.37. The summed E-state index contributed by atoms with van der Waals surface area (Å²) in [6.07, 6.45) is 3.50. The number of methoxy groups -OCH3 is 1. The monoisotopic (exact) mass is 217 g/mol. The summed E-state index contributed by atoms with van der Waals surface area (Å²) in [5.74, 6) is 0. The Morgan fingerprint density at radius 3 is 2.75 bits per heavy atom. The van der Waals surface area contributed by atoms with E-state index in [2.05, 4.69) is 31.0 Å². The quantitative estimate of drug-likeness (QED) is 0.584. The zero-order chi connectivity index (χ0) is 11.8. The largest absolute Gasteiger partial charge is 0.504 e. The third-order valence-electron chi connectivity index (χ3n) is 2.37. The van der Waals surface area contributed by atoms with Crippen molar-refractivity contribution in [3.8, 4) is 0 Å². The van der Waals surface area contributed by atoms with Crippen LogP contribution < -0.4 is 5.32 Å². The molecule has 86 valence electrons. The molecule has 0 aromatic heterocycles. The molecule has 0 aliphatic rings. The number of rotatable bonds is 6. The zero-order valence-electron chi connectivity index (χ0n) is 9.94. The first-order valence-electron chi connectivity index (χ1n) is 5.39. The molecule has 0 bridgehead atoms. The second-order valence-electron chi connectivity index (χ2n) is 3.71. The van der Waals surface area contributed by atoms with Crippen LogP contribution in [0.15, 0.2) is 54.8 Å². The van der Waals surface area contributed by atoms with Gasteiger partial charge >= 0.3 is 0 Å². The van der Waals surface area contributed by atoms with Gasteiger partial charge in [-0.25, -0.2) is 0 Å². The van der Waals surface area contributed by atoms with Crippen molar-refractivity contribution in [2.75, 3.05) is 13.7 Å². The lowest BCUT2D eigenvalue weighted by Crippen LogP contribution is -2.20. The van der Waals surface area contributed by atoms with Crippen LogP contribution in [0.2, 0.25) is 0 Å². The Balaban J connectivity index is 2.39. The van der Waals surface area contributed by atoms with Crippen LogP contribution in [0.4, 0.5) is 0 Å². The van der Waals surface area contributed by atoms with Crippen molar-refractivity contribution in [1.29, 1.82) is 0 Å². The van der Waals surface area contributed by atoms with Crippen LogP contribution in [0.1, 0.15) is 18.5 Å². The summed E-state index contributed by atoms with van der Waals surface area (Å²) in [5.41, 5.74) is 2.29. The van der Waals surface area contributed by atoms with Gasteiger partial charge in [0.1, 0.15) is 0 Å². The van der Waals surface area contributed by atoms with E-state index in [1.807, 2.05) is 24.3 Å². The summed E-state index contributed by atoms with van der Waals surface area (Å²) in [6.45, 7) is 6.83. The Kier molecular flexibility index (Phi) is 5.37. The van der Waals surface area contributed by atoms with E-state index in [1.54, 1.807) is 13.4 Å². The van der Waals surface area contributed by atoms with E-state index in [9.17, 15) is 0 Å². The first-order valence-corrected chi connectivity index (χ1v) is 5.39. The fraction of sp³-hybridized carbons (Fsp3) is 0.286. The maximum atomic E-state index is 4.83. The lowest BCUT2D eigenvalue weighted by Gasteiger charge is -2.14. The summed E-state index contributed by atoms with van der Waals surface area (Å²) in [7, 11) is 1.63. The third-order valence-corrected chi connectivity index (χ3v) is 2.37. The molecule has 0 fully saturated rings. The lowest BCUT2D eigenvalue weighted by atomic mass is 10.1. The average Bonchev–Trinajstić information content (AvgIpc) is 2.34. The molecule has 0 saturated heterocycles. The van der Waals surface area contributed by atoms with Crippen LogP contribution in [0.5, 0.6) is 0 Å². The molecular formula is C14H19NO. The Labute approximate surface area is 97.6 Å². The smallest absolute Gasteiger partial charge is 0.0827 e. The van der Waals surface area contributed by atoms with E-state index in [0.29, 0.717) is 6.04 Å². The molecule has 0 spiro atoms. The number of benzene rings is 1. The van der Waals surface area contributed by atoms with Crippen molar-refractivity contribution >= 4 is 0 Å². The molecule has 0 aliphatic heterocycles. The van der Waals surface area contributed by atoms with Crippen molar-refractivity contribution in [2.24, 2.45) is 0 Å². The van der Waals surface area contributed by atoms with Gasteiger partial charge in [-0.2, -0.15) is 0 Å². The van der Waals surface area contributed by atoms with E-state index in [1.165, 1.54) is 5.56 Å². The summed E-state index contributed by atoms with van der Waals surface area (Å²) in [5, 5.41) is 3.40. The summed E-state index contributed by atoms with van der Waals surface area (Å²) >= 11 is 0. The van der Waals surface area contributed by atoms with Crippen LogP contribution >= 0.6 is 0 Å². The van der Waals surface area contributed by atoms with Gasteiger partial charge in [0, 0.05) is 12.6 Å². The molecule has 2 nitrogen and oxygen atoms in total. The van der Waals surface area contributed by atoms with Gasteiger partial charge in [-0.1, -0.05) is 36.9 Å². The normalized spacial score (nSPS) is 12.6. The average molecular weight is 217 g/mol. The zero-order valence-corrected chi connectivity index (χ0v) is 9.94. The Bertz CT molecular complexity index is 343. The lowest BCUT2D eigenvalue weighted by molar-refractivity contribution is 0.337. The topological polar surface area (TPSA) is 21.3 Å². The second-order valence-corrected chi connectivity index (χ2v) is 3.71. The molecule has 0 amide bonds. The van der Waals surface area contributed by atoms with Gasteiger partial charge in [0.15, 0.2) is 0 Å². The highest BCUT2D eigenvalue weighted by Crippen LogP contribution is 2.11. The maximum absolute atomic E-state index is 4.83. The predicted molar refractivity (Wildman–Crippen MR) is 68.1 cm³/mol. The Morgan fingerprint density at radius 1 is 1.44 bits per heavy atom. The van der Waals surface area contributed by atoms with E-state index in [0.717, 1.165) is 12.1 Å². The molecule has 0 heterocycles. The van der Waals surface area contributed by atoms with Crippen molar-refractivity contribution in [3.63, 3.8) is 0 Å². The standard InChI is InChI=1S/C14H19NO/c1-12(9-10-16-3)11-15-13(2)14-7-5-4-6-8-14/h4-10,13,15H,1,11H2,2-3H3/b10-9+/t13-/m0/s1. The first-order chi connectivity index (χ1) is 7.74. The summed E-state index contributed by atoms with van der Waals surface area (Å²) in [4.78, 5) is 0. The molecular weight excluding hydrogens is 198 g/mol. The summed E-state index contributed by atoms with van der Waals surface area (Å²) in [6, 6.07) is 10.7. The van der Waals surface area contributed by atoms with Crippen molar-refractivity contribution in [2.45, 2.75) is 13.0 Å². The molecule has 0 unspecified atom stereocenters. The predicted octanol–water partition coefficient (Wildman–Crippen LogP) is 3.05. The van der Waals surface area contributed by atoms with Crippen molar-refractivity contribution < 1.29 is 4.74 Å².